The normalized spacial score (nSPS) is 12.2. The van der Waals surface area contributed by atoms with Crippen LogP contribution in [0.1, 0.15) is 23.2 Å². The maximum Gasteiger partial charge on any atom is 0.273 e. The molecule has 0 aliphatic rings. The first-order valence-corrected chi connectivity index (χ1v) is 6.44. The predicted octanol–water partition coefficient (Wildman–Crippen LogP) is 2.41. The van der Waals surface area contributed by atoms with Crippen molar-refractivity contribution < 1.29 is 13.9 Å². The minimum absolute atomic E-state index is 0.0798. The van der Waals surface area contributed by atoms with Gasteiger partial charge < -0.3 is 14.5 Å². The average Bonchev–Trinajstić information content (AvgIpc) is 2.82. The van der Waals surface area contributed by atoms with Crippen molar-refractivity contribution in [2.45, 2.75) is 19.9 Å². The van der Waals surface area contributed by atoms with Gasteiger partial charge in [0.1, 0.15) is 5.76 Å². The Kier molecular flexibility index (Phi) is 4.53. The summed E-state index contributed by atoms with van der Waals surface area (Å²) < 4.78 is 10.5. The van der Waals surface area contributed by atoms with Gasteiger partial charge in [0.05, 0.1) is 6.61 Å². The minimum Gasteiger partial charge on any atom is -0.441 e. The molecular weight excluding hydrogens is 256 g/mol. The molecule has 2 aromatic rings. The highest BCUT2D eigenvalue weighted by Gasteiger charge is 2.19. The average molecular weight is 274 g/mol. The topological polar surface area (TPSA) is 64.4 Å². The lowest BCUT2D eigenvalue weighted by molar-refractivity contribution is 0.0899. The summed E-state index contributed by atoms with van der Waals surface area (Å²) in [4.78, 5) is 16.4. The first-order chi connectivity index (χ1) is 9.61. The van der Waals surface area contributed by atoms with Crippen LogP contribution in [0, 0.1) is 6.92 Å². The number of benzene rings is 1. The lowest BCUT2D eigenvalue weighted by Gasteiger charge is -2.11. The second-order valence-corrected chi connectivity index (χ2v) is 4.62. The molecule has 1 amide bonds. The largest absolute Gasteiger partial charge is 0.441 e. The summed E-state index contributed by atoms with van der Waals surface area (Å²) in [5.41, 5.74) is 1.16. The quantitative estimate of drug-likeness (QED) is 0.909. The zero-order valence-corrected chi connectivity index (χ0v) is 11.8. The fourth-order valence-electron chi connectivity index (χ4n) is 1.90. The highest BCUT2D eigenvalue weighted by Crippen LogP contribution is 2.21. The van der Waals surface area contributed by atoms with Crippen LogP contribution in [0.15, 0.2) is 34.7 Å². The van der Waals surface area contributed by atoms with E-state index < -0.39 is 0 Å². The highest BCUT2D eigenvalue weighted by atomic mass is 16.5. The van der Waals surface area contributed by atoms with Crippen LogP contribution in [0.2, 0.25) is 0 Å². The molecule has 1 atom stereocenters. The van der Waals surface area contributed by atoms with Crippen molar-refractivity contribution in [3.8, 4) is 11.5 Å². The molecule has 1 aromatic heterocycles. The summed E-state index contributed by atoms with van der Waals surface area (Å²) in [6.07, 6.45) is 0. The molecule has 1 N–H and O–H groups in total. The standard InChI is InChI=1S/C15H18N2O3/c1-10(9-19-3)16-14(18)13-11(2)20-15(17-13)12-7-5-4-6-8-12/h4-8,10H,9H2,1-3H3,(H,16,18)/t10-/m1/s1. The summed E-state index contributed by atoms with van der Waals surface area (Å²) in [5.74, 6) is 0.705. The van der Waals surface area contributed by atoms with Crippen molar-refractivity contribution >= 4 is 5.91 Å². The number of carbonyl (C=O) groups excluding carboxylic acids is 1. The zero-order valence-electron chi connectivity index (χ0n) is 11.8. The van der Waals surface area contributed by atoms with Crippen molar-refractivity contribution in [2.75, 3.05) is 13.7 Å². The van der Waals surface area contributed by atoms with Gasteiger partial charge >= 0.3 is 0 Å². The Morgan fingerprint density at radius 1 is 1.40 bits per heavy atom. The Morgan fingerprint density at radius 3 is 2.75 bits per heavy atom. The molecule has 0 saturated carbocycles. The van der Waals surface area contributed by atoms with Crippen molar-refractivity contribution in [3.05, 3.63) is 41.8 Å². The number of aromatic nitrogens is 1. The number of oxazole rings is 1. The fraction of sp³-hybridized carbons (Fsp3) is 0.333. The predicted molar refractivity (Wildman–Crippen MR) is 75.5 cm³/mol. The van der Waals surface area contributed by atoms with Gasteiger partial charge in [0.25, 0.3) is 5.91 Å². The van der Waals surface area contributed by atoms with E-state index >= 15 is 0 Å². The van der Waals surface area contributed by atoms with E-state index in [2.05, 4.69) is 10.3 Å². The van der Waals surface area contributed by atoms with E-state index in [0.717, 1.165) is 5.56 Å². The Hall–Kier alpha value is -2.14. The Bertz CT molecular complexity index is 578. The molecule has 106 valence electrons. The Labute approximate surface area is 118 Å². The van der Waals surface area contributed by atoms with Crippen LogP contribution in [0.25, 0.3) is 11.5 Å². The van der Waals surface area contributed by atoms with Crippen LogP contribution < -0.4 is 5.32 Å². The zero-order chi connectivity index (χ0) is 14.5. The van der Waals surface area contributed by atoms with Gasteiger partial charge in [0.15, 0.2) is 5.69 Å². The van der Waals surface area contributed by atoms with Gasteiger partial charge in [0, 0.05) is 18.7 Å². The molecule has 1 heterocycles. The van der Waals surface area contributed by atoms with Gasteiger partial charge in [-0.05, 0) is 26.0 Å². The van der Waals surface area contributed by atoms with Crippen molar-refractivity contribution in [1.29, 1.82) is 0 Å². The van der Waals surface area contributed by atoms with Crippen LogP contribution >= 0.6 is 0 Å². The van der Waals surface area contributed by atoms with Gasteiger partial charge in [-0.2, -0.15) is 0 Å². The van der Waals surface area contributed by atoms with E-state index in [-0.39, 0.29) is 11.9 Å². The first-order valence-electron chi connectivity index (χ1n) is 6.44. The van der Waals surface area contributed by atoms with Gasteiger partial charge in [-0.15, -0.1) is 0 Å². The van der Waals surface area contributed by atoms with Gasteiger partial charge in [0.2, 0.25) is 5.89 Å². The minimum atomic E-state index is -0.252. The summed E-state index contributed by atoms with van der Waals surface area (Å²) in [6, 6.07) is 9.41. The van der Waals surface area contributed by atoms with Crippen molar-refractivity contribution in [1.82, 2.24) is 10.3 Å². The Morgan fingerprint density at radius 2 is 2.10 bits per heavy atom. The monoisotopic (exact) mass is 274 g/mol. The number of nitrogens with one attached hydrogen (secondary N) is 1. The first kappa shape index (κ1) is 14.3. The maximum absolute atomic E-state index is 12.1. The van der Waals surface area contributed by atoms with Gasteiger partial charge in [-0.1, -0.05) is 18.2 Å². The molecule has 0 spiro atoms. The van der Waals surface area contributed by atoms with Crippen LogP contribution in [-0.4, -0.2) is 30.6 Å². The molecule has 0 aliphatic heterocycles. The van der Waals surface area contributed by atoms with Crippen molar-refractivity contribution in [3.63, 3.8) is 0 Å². The summed E-state index contributed by atoms with van der Waals surface area (Å²) >= 11 is 0. The molecule has 20 heavy (non-hydrogen) atoms. The third-order valence-electron chi connectivity index (χ3n) is 2.83. The van der Waals surface area contributed by atoms with E-state index in [0.29, 0.717) is 24.0 Å². The third kappa shape index (κ3) is 3.24. The molecule has 0 radical (unpaired) electrons. The summed E-state index contributed by atoms with van der Waals surface area (Å²) in [6.45, 7) is 4.05. The lowest BCUT2D eigenvalue weighted by atomic mass is 10.2. The molecule has 0 aliphatic carbocycles. The number of nitrogens with zero attached hydrogens (tertiary/aromatic N) is 1. The third-order valence-corrected chi connectivity index (χ3v) is 2.83. The molecule has 0 saturated heterocycles. The fourth-order valence-corrected chi connectivity index (χ4v) is 1.90. The van der Waals surface area contributed by atoms with Crippen LogP contribution in [0.4, 0.5) is 0 Å². The van der Waals surface area contributed by atoms with E-state index in [1.165, 1.54) is 0 Å². The molecule has 5 heteroatoms. The second-order valence-electron chi connectivity index (χ2n) is 4.62. The number of amides is 1. The van der Waals surface area contributed by atoms with E-state index in [4.69, 9.17) is 9.15 Å². The lowest BCUT2D eigenvalue weighted by Crippen LogP contribution is -2.36. The molecule has 0 fully saturated rings. The number of hydrogen-bond acceptors (Lipinski definition) is 4. The van der Waals surface area contributed by atoms with Gasteiger partial charge in [-0.3, -0.25) is 4.79 Å². The number of carbonyl (C=O) groups is 1. The number of rotatable bonds is 5. The second kappa shape index (κ2) is 6.34. The van der Waals surface area contributed by atoms with E-state index in [1.807, 2.05) is 37.3 Å². The molecular formula is C15H18N2O3. The smallest absolute Gasteiger partial charge is 0.273 e. The molecule has 0 bridgehead atoms. The van der Waals surface area contributed by atoms with Gasteiger partial charge in [-0.25, -0.2) is 4.98 Å². The Balaban J connectivity index is 2.17. The molecule has 0 unspecified atom stereocenters. The van der Waals surface area contributed by atoms with Crippen molar-refractivity contribution in [2.24, 2.45) is 0 Å². The summed E-state index contributed by atoms with van der Waals surface area (Å²) in [5, 5.41) is 2.82. The SMILES string of the molecule is COC[C@@H](C)NC(=O)c1nc(-c2ccccc2)oc1C. The van der Waals surface area contributed by atoms with Crippen LogP contribution in [0.3, 0.4) is 0 Å². The molecule has 5 nitrogen and oxygen atoms in total. The van der Waals surface area contributed by atoms with E-state index in [1.54, 1.807) is 14.0 Å². The maximum atomic E-state index is 12.1. The number of methoxy groups -OCH3 is 1. The van der Waals surface area contributed by atoms with Crippen LogP contribution in [-0.2, 0) is 4.74 Å². The van der Waals surface area contributed by atoms with E-state index in [9.17, 15) is 4.79 Å². The van der Waals surface area contributed by atoms with Crippen LogP contribution in [0.5, 0.6) is 0 Å². The summed E-state index contributed by atoms with van der Waals surface area (Å²) in [7, 11) is 1.59. The number of ether oxygens (including phenoxy) is 1. The number of hydrogen-bond donors (Lipinski definition) is 1. The molecule has 1 aromatic carbocycles. The number of aryl methyl sites for hydroxylation is 1. The molecule has 2 rings (SSSR count). The highest BCUT2D eigenvalue weighted by molar-refractivity contribution is 5.93.